The third-order valence-electron chi connectivity index (χ3n) is 13.3. The summed E-state index contributed by atoms with van der Waals surface area (Å²) < 4.78 is 40.6. The smallest absolute Gasteiger partial charge is 0.407 e. The van der Waals surface area contributed by atoms with Crippen LogP contribution in [-0.4, -0.2) is 155 Å². The van der Waals surface area contributed by atoms with Gasteiger partial charge in [-0.25, -0.2) is 14.4 Å². The van der Waals surface area contributed by atoms with Crippen LogP contribution in [0.1, 0.15) is 85.0 Å². The van der Waals surface area contributed by atoms with E-state index in [1.165, 1.54) is 26.0 Å². The van der Waals surface area contributed by atoms with E-state index in [0.717, 1.165) is 6.92 Å². The molecule has 4 N–H and O–H groups in total. The minimum atomic E-state index is -2.37. The van der Waals surface area contributed by atoms with E-state index >= 15 is 4.79 Å². The molecule has 2 bridgehead atoms. The second-order valence-corrected chi connectivity index (χ2v) is 18.7. The Balaban J connectivity index is 1.42. The van der Waals surface area contributed by atoms with Gasteiger partial charge in [-0.05, 0) is 57.9 Å². The quantitative estimate of drug-likeness (QED) is 0.141. The van der Waals surface area contributed by atoms with E-state index in [1.54, 1.807) is 52.8 Å². The van der Waals surface area contributed by atoms with E-state index in [4.69, 9.17) is 33.2 Å². The number of aliphatic hydroxyl groups excluding tert-OH is 2. The molecule has 2 heterocycles. The number of amides is 1. The van der Waals surface area contributed by atoms with Crippen LogP contribution < -0.4 is 5.32 Å². The van der Waals surface area contributed by atoms with Crippen molar-refractivity contribution in [2.75, 3.05) is 46.0 Å². The fourth-order valence-electron chi connectivity index (χ4n) is 9.95. The lowest BCUT2D eigenvalue weighted by molar-refractivity contribution is -0.346. The molecule has 1 aromatic rings. The first-order chi connectivity index (χ1) is 29.0. The Kier molecular flexibility index (Phi) is 13.4. The molecule has 6 rings (SSSR count). The van der Waals surface area contributed by atoms with Crippen molar-refractivity contribution >= 4 is 35.8 Å². The van der Waals surface area contributed by atoms with Crippen molar-refractivity contribution in [2.45, 2.75) is 128 Å². The van der Waals surface area contributed by atoms with Gasteiger partial charge in [-0.3, -0.25) is 19.3 Å². The van der Waals surface area contributed by atoms with Crippen molar-refractivity contribution in [3.05, 3.63) is 47.0 Å². The zero-order valence-corrected chi connectivity index (χ0v) is 36.6. The summed E-state index contributed by atoms with van der Waals surface area (Å²) in [4.78, 5) is 84.3. The summed E-state index contributed by atoms with van der Waals surface area (Å²) in [6, 6.07) is 7.84. The lowest BCUT2D eigenvalue weighted by Gasteiger charge is -2.67. The molecular weight excluding hydrogens is 812 g/mol. The largest absolute Gasteiger partial charge is 0.455 e. The molecule has 2 aliphatic heterocycles. The number of aliphatic hydroxyl groups is 3. The highest BCUT2D eigenvalue weighted by Crippen LogP contribution is 2.64. The van der Waals surface area contributed by atoms with Gasteiger partial charge in [-0.15, -0.1) is 0 Å². The van der Waals surface area contributed by atoms with Gasteiger partial charge < -0.3 is 53.8 Å². The first kappa shape index (κ1) is 47.0. The Labute approximate surface area is 360 Å². The highest BCUT2D eigenvalue weighted by molar-refractivity contribution is 5.94. The molecule has 4 fully saturated rings. The van der Waals surface area contributed by atoms with E-state index in [0.29, 0.717) is 32.8 Å². The lowest BCUT2D eigenvalue weighted by atomic mass is 9.44. The molecule has 10 atom stereocenters. The second-order valence-electron chi connectivity index (χ2n) is 18.7. The number of fused-ring (bicyclic) bond motifs is 5. The van der Waals surface area contributed by atoms with Crippen LogP contribution in [0.2, 0.25) is 0 Å². The third-order valence-corrected chi connectivity index (χ3v) is 13.3. The zero-order chi connectivity index (χ0) is 45.6. The fraction of sp³-hybridized carbons (Fsp3) is 0.682. The minimum Gasteiger partial charge on any atom is -0.455 e. The van der Waals surface area contributed by atoms with Crippen molar-refractivity contribution in [1.29, 1.82) is 0 Å². The molecule has 18 heteroatoms. The number of esters is 4. The Morgan fingerprint density at radius 2 is 1.68 bits per heavy atom. The van der Waals surface area contributed by atoms with Crippen LogP contribution in [0.15, 0.2) is 41.5 Å². The number of alkyl carbamates (subject to hydrolysis) is 1. The van der Waals surface area contributed by atoms with Gasteiger partial charge in [0.25, 0.3) is 0 Å². The monoisotopic (exact) mass is 872 g/mol. The maximum absolute atomic E-state index is 15.0. The van der Waals surface area contributed by atoms with Crippen LogP contribution in [0, 0.1) is 16.7 Å². The number of rotatable bonds is 11. The number of hydrogen-bond acceptors (Lipinski definition) is 17. The predicted molar refractivity (Wildman–Crippen MR) is 215 cm³/mol. The van der Waals surface area contributed by atoms with Crippen LogP contribution in [-0.2, 0) is 52.3 Å². The van der Waals surface area contributed by atoms with E-state index in [2.05, 4.69) is 5.32 Å². The number of morpholine rings is 1. The molecule has 1 aromatic carbocycles. The summed E-state index contributed by atoms with van der Waals surface area (Å²) in [5.74, 6) is -6.07. The second kappa shape index (κ2) is 17.6. The molecule has 0 unspecified atom stereocenters. The summed E-state index contributed by atoms with van der Waals surface area (Å²) in [5.41, 5.74) is -8.52. The van der Waals surface area contributed by atoms with Crippen LogP contribution in [0.5, 0.6) is 0 Å². The average Bonchev–Trinajstić information content (AvgIpc) is 3.19. The van der Waals surface area contributed by atoms with Gasteiger partial charge in [0.2, 0.25) is 6.10 Å². The highest BCUT2D eigenvalue weighted by Gasteiger charge is 2.78. The summed E-state index contributed by atoms with van der Waals surface area (Å²) >= 11 is 0. The Bertz CT molecular complexity index is 1940. The standard InChI is InChI=1S/C44H60N2O16/c1-24-27(59-38(53)28(22-45-39(54)62-40(3,4)5)58-31(49)14-15-46-16-18-56-19-17-46)21-44(55)36(60-37(52)26-12-10-9-11-13-26)34-42(8,35(51)33(50)32(24)41(44,6)7)29(48)20-30-43(34,23-57-30)61-25(2)47/h9-13,27-30,33-34,36,48,50,55H,14-23H2,1-8H3,(H,45,54)/t27-,28+,29-,30+,33+,34+,36-,42+,43-,44+/m0/s1. The van der Waals surface area contributed by atoms with Gasteiger partial charge in [0.05, 0.1) is 55.8 Å². The van der Waals surface area contributed by atoms with Gasteiger partial charge in [-0.2, -0.15) is 0 Å². The maximum atomic E-state index is 15.0. The summed E-state index contributed by atoms with van der Waals surface area (Å²) in [5, 5.41) is 40.1. The topological polar surface area (TPSA) is 243 Å². The number of hydrogen-bond donors (Lipinski definition) is 4. The molecule has 0 spiro atoms. The molecule has 3 aliphatic carbocycles. The van der Waals surface area contributed by atoms with Gasteiger partial charge >= 0.3 is 30.0 Å². The summed E-state index contributed by atoms with van der Waals surface area (Å²) in [6.07, 6.45) is -11.3. The van der Waals surface area contributed by atoms with Crippen LogP contribution in [0.25, 0.3) is 0 Å². The fourth-order valence-corrected chi connectivity index (χ4v) is 9.95. The zero-order valence-electron chi connectivity index (χ0n) is 36.6. The van der Waals surface area contributed by atoms with E-state index in [1.807, 2.05) is 4.90 Å². The van der Waals surface area contributed by atoms with E-state index in [-0.39, 0.29) is 36.2 Å². The van der Waals surface area contributed by atoms with Crippen molar-refractivity contribution < 1.29 is 77.2 Å². The number of carbonyl (C=O) groups excluding carboxylic acids is 6. The molecule has 0 aromatic heterocycles. The van der Waals surface area contributed by atoms with Gasteiger partial charge in [0, 0.05) is 44.8 Å². The number of nitrogens with one attached hydrogen (secondary N) is 1. The number of ether oxygens (including phenoxy) is 7. The lowest BCUT2D eigenvalue weighted by Crippen LogP contribution is -2.81. The first-order valence-corrected chi connectivity index (χ1v) is 21.0. The van der Waals surface area contributed by atoms with E-state index < -0.39 is 119 Å². The molecule has 2 saturated heterocycles. The molecule has 18 nitrogen and oxygen atoms in total. The van der Waals surface area contributed by atoms with Gasteiger partial charge in [0.15, 0.2) is 11.4 Å². The van der Waals surface area contributed by atoms with Crippen molar-refractivity contribution in [1.82, 2.24) is 10.2 Å². The van der Waals surface area contributed by atoms with Crippen molar-refractivity contribution in [2.24, 2.45) is 16.7 Å². The number of carbonyl (C=O) groups is 6. The van der Waals surface area contributed by atoms with Crippen LogP contribution >= 0.6 is 0 Å². The molecule has 5 aliphatic rings. The normalized spacial score (nSPS) is 33.5. The third kappa shape index (κ3) is 8.73. The number of ketones is 1. The number of Topliss-reactive ketones (excluding diaryl/α,β-unsaturated/α-hetero) is 1. The van der Waals surface area contributed by atoms with Crippen molar-refractivity contribution in [3.8, 4) is 0 Å². The molecule has 62 heavy (non-hydrogen) atoms. The Hall–Kier alpha value is -4.46. The number of nitrogens with zero attached hydrogens (tertiary/aromatic N) is 1. The predicted octanol–water partition coefficient (Wildman–Crippen LogP) is 1.79. The van der Waals surface area contributed by atoms with E-state index in [9.17, 15) is 39.3 Å². The first-order valence-electron chi connectivity index (χ1n) is 21.0. The van der Waals surface area contributed by atoms with Crippen molar-refractivity contribution in [3.63, 3.8) is 0 Å². The molecule has 1 amide bonds. The Morgan fingerprint density at radius 3 is 2.27 bits per heavy atom. The molecular formula is C44H60N2O16. The van der Waals surface area contributed by atoms with Crippen LogP contribution in [0.4, 0.5) is 4.79 Å². The molecule has 342 valence electrons. The maximum Gasteiger partial charge on any atom is 0.407 e. The minimum absolute atomic E-state index is 0.0684. The SMILES string of the molecule is CC(=O)O[C@@]12CO[C@@H]1C[C@H](O)[C@@]1(C)C(=O)[C@H](O)C3=C(C)[C@@H](OC(=O)[C@@H](CNC(=O)OC(C)(C)C)OC(=O)CCN4CCOCC4)C[C@@](O)([C@@H](OC(=O)c4ccccc4)[C@@H]21)C3(C)C. The number of benzene rings is 1. The van der Waals surface area contributed by atoms with Gasteiger partial charge in [-0.1, -0.05) is 32.0 Å². The van der Waals surface area contributed by atoms with Gasteiger partial charge in [0.1, 0.15) is 35.6 Å². The summed E-state index contributed by atoms with van der Waals surface area (Å²) in [6.45, 7) is 13.7. The Morgan fingerprint density at radius 1 is 1.02 bits per heavy atom. The summed E-state index contributed by atoms with van der Waals surface area (Å²) in [7, 11) is 0. The van der Waals surface area contributed by atoms with Crippen LogP contribution in [0.3, 0.4) is 0 Å². The molecule has 2 saturated carbocycles. The average molecular weight is 873 g/mol. The highest BCUT2D eigenvalue weighted by atomic mass is 16.6. The molecule has 0 radical (unpaired) electrons.